The van der Waals surface area contributed by atoms with Crippen molar-refractivity contribution in [2.45, 2.75) is 6.54 Å². The third-order valence-corrected chi connectivity index (χ3v) is 5.94. The van der Waals surface area contributed by atoms with Crippen molar-refractivity contribution in [3.63, 3.8) is 0 Å². The summed E-state index contributed by atoms with van der Waals surface area (Å²) < 4.78 is 6.96. The first-order valence-corrected chi connectivity index (χ1v) is 10.5. The molecule has 29 heavy (non-hydrogen) atoms. The summed E-state index contributed by atoms with van der Waals surface area (Å²) in [6, 6.07) is 16.3. The number of piperazine rings is 1. The van der Waals surface area contributed by atoms with Crippen LogP contribution in [0.3, 0.4) is 0 Å². The molecular formula is C22H21N5OS. The molecule has 6 nitrogen and oxygen atoms in total. The molecule has 4 heterocycles. The topological polar surface area (TPSA) is 54.4 Å². The molecule has 1 fully saturated rings. The van der Waals surface area contributed by atoms with Gasteiger partial charge in [0.25, 0.3) is 5.19 Å². The summed E-state index contributed by atoms with van der Waals surface area (Å²) in [5.41, 5.74) is 2.21. The molecule has 0 atom stereocenters. The molecular weight excluding hydrogens is 382 g/mol. The maximum Gasteiger partial charge on any atom is 0.279 e. The van der Waals surface area contributed by atoms with Gasteiger partial charge in [-0.1, -0.05) is 29.5 Å². The first-order valence-electron chi connectivity index (χ1n) is 9.69. The zero-order valence-electron chi connectivity index (χ0n) is 15.9. The highest BCUT2D eigenvalue weighted by Crippen LogP contribution is 2.30. The molecule has 1 saturated heterocycles. The Morgan fingerprint density at radius 2 is 1.79 bits per heavy atom. The van der Waals surface area contributed by atoms with Crippen LogP contribution in [-0.4, -0.2) is 46.0 Å². The molecule has 0 radical (unpaired) electrons. The third kappa shape index (κ3) is 4.21. The fraction of sp³-hybridized carbons (Fsp3) is 0.227. The van der Waals surface area contributed by atoms with Crippen LogP contribution in [-0.2, 0) is 6.54 Å². The summed E-state index contributed by atoms with van der Waals surface area (Å²) in [4.78, 5) is 17.9. The summed E-state index contributed by atoms with van der Waals surface area (Å²) in [7, 11) is 0. The van der Waals surface area contributed by atoms with Gasteiger partial charge in [0.2, 0.25) is 0 Å². The highest BCUT2D eigenvalue weighted by Gasteiger charge is 2.18. The Hall–Kier alpha value is -3.03. The lowest BCUT2D eigenvalue weighted by Gasteiger charge is -2.35. The van der Waals surface area contributed by atoms with E-state index in [-0.39, 0.29) is 0 Å². The van der Waals surface area contributed by atoms with Crippen molar-refractivity contribution >= 4 is 27.4 Å². The van der Waals surface area contributed by atoms with Crippen LogP contribution in [0.25, 0.3) is 10.2 Å². The van der Waals surface area contributed by atoms with E-state index in [1.165, 1.54) is 16.9 Å². The zero-order chi connectivity index (χ0) is 19.5. The zero-order valence-corrected chi connectivity index (χ0v) is 16.8. The van der Waals surface area contributed by atoms with E-state index in [1.807, 2.05) is 42.7 Å². The number of ether oxygens (including phenoxy) is 1. The molecule has 1 aliphatic rings. The fourth-order valence-corrected chi connectivity index (χ4v) is 4.30. The lowest BCUT2D eigenvalue weighted by atomic mass is 10.2. The highest BCUT2D eigenvalue weighted by atomic mass is 32.1. The largest absolute Gasteiger partial charge is 0.431 e. The third-order valence-electron chi connectivity index (χ3n) is 5.05. The van der Waals surface area contributed by atoms with Gasteiger partial charge in [-0.2, -0.15) is 0 Å². The van der Waals surface area contributed by atoms with Gasteiger partial charge in [0, 0.05) is 51.3 Å². The van der Waals surface area contributed by atoms with Crippen molar-refractivity contribution in [1.29, 1.82) is 0 Å². The minimum Gasteiger partial charge on any atom is -0.431 e. The monoisotopic (exact) mass is 403 g/mol. The molecule has 146 valence electrons. The van der Waals surface area contributed by atoms with Crippen LogP contribution < -0.4 is 9.64 Å². The fourth-order valence-electron chi connectivity index (χ4n) is 3.50. The summed E-state index contributed by atoms with van der Waals surface area (Å²) in [5, 5.41) is 0.645. The number of anilines is 1. The number of pyridine rings is 2. The van der Waals surface area contributed by atoms with Gasteiger partial charge in [0.05, 0.1) is 10.2 Å². The second kappa shape index (κ2) is 8.14. The summed E-state index contributed by atoms with van der Waals surface area (Å²) in [6.45, 7) is 5.03. The van der Waals surface area contributed by atoms with E-state index in [1.54, 1.807) is 6.20 Å². The predicted octanol–water partition coefficient (Wildman–Crippen LogP) is 4.20. The number of fused-ring (bicyclic) bond motifs is 1. The molecule has 0 N–H and O–H groups in total. The normalized spacial score (nSPS) is 15.0. The highest BCUT2D eigenvalue weighted by molar-refractivity contribution is 7.20. The first-order chi connectivity index (χ1) is 14.3. The van der Waals surface area contributed by atoms with E-state index < -0.39 is 0 Å². The number of nitrogens with zero attached hydrogens (tertiary/aromatic N) is 5. The summed E-state index contributed by atoms with van der Waals surface area (Å²) >= 11 is 1.51. The molecule has 1 aromatic carbocycles. The average Bonchev–Trinajstić information content (AvgIpc) is 3.19. The number of rotatable bonds is 5. The molecule has 1 aliphatic heterocycles. The van der Waals surface area contributed by atoms with Gasteiger partial charge in [-0.05, 0) is 35.9 Å². The van der Waals surface area contributed by atoms with Crippen LogP contribution >= 0.6 is 11.3 Å². The minimum absolute atomic E-state index is 0.645. The van der Waals surface area contributed by atoms with Gasteiger partial charge < -0.3 is 9.64 Å². The predicted molar refractivity (Wildman–Crippen MR) is 116 cm³/mol. The Labute approximate surface area is 173 Å². The van der Waals surface area contributed by atoms with E-state index >= 15 is 0 Å². The van der Waals surface area contributed by atoms with E-state index in [9.17, 15) is 0 Å². The van der Waals surface area contributed by atoms with Crippen molar-refractivity contribution < 1.29 is 4.74 Å². The number of hydrogen-bond donors (Lipinski definition) is 0. The van der Waals surface area contributed by atoms with E-state index in [2.05, 4.69) is 43.0 Å². The second-order valence-electron chi connectivity index (χ2n) is 7.02. The van der Waals surface area contributed by atoms with Crippen LogP contribution in [0.15, 0.2) is 67.1 Å². The van der Waals surface area contributed by atoms with E-state index in [0.29, 0.717) is 5.19 Å². The SMILES string of the molecule is c1ccc(N2CCN(Cc3ccc(Oc4nc5ccncc5s4)cc3)CC2)nc1. The van der Waals surface area contributed by atoms with Crippen LogP contribution in [0, 0.1) is 0 Å². The number of benzene rings is 1. The Balaban J connectivity index is 1.17. The molecule has 4 aromatic rings. The second-order valence-corrected chi connectivity index (χ2v) is 8.01. The van der Waals surface area contributed by atoms with Crippen molar-refractivity contribution in [1.82, 2.24) is 19.9 Å². The summed E-state index contributed by atoms with van der Waals surface area (Å²) in [5.74, 6) is 1.88. The molecule has 0 aliphatic carbocycles. The maximum atomic E-state index is 5.92. The van der Waals surface area contributed by atoms with Crippen molar-refractivity contribution in [3.8, 4) is 10.9 Å². The van der Waals surface area contributed by atoms with Crippen molar-refractivity contribution in [2.75, 3.05) is 31.1 Å². The lowest BCUT2D eigenvalue weighted by Crippen LogP contribution is -2.46. The Bertz CT molecular complexity index is 1040. The van der Waals surface area contributed by atoms with Gasteiger partial charge in [-0.15, -0.1) is 0 Å². The van der Waals surface area contributed by atoms with Gasteiger partial charge in [0.1, 0.15) is 11.6 Å². The lowest BCUT2D eigenvalue weighted by molar-refractivity contribution is 0.249. The van der Waals surface area contributed by atoms with Crippen LogP contribution in [0.1, 0.15) is 5.56 Å². The number of hydrogen-bond acceptors (Lipinski definition) is 7. The van der Waals surface area contributed by atoms with E-state index in [0.717, 1.165) is 54.5 Å². The molecule has 5 rings (SSSR count). The summed E-state index contributed by atoms with van der Waals surface area (Å²) in [6.07, 6.45) is 5.42. The minimum atomic E-state index is 0.645. The van der Waals surface area contributed by atoms with Crippen molar-refractivity contribution in [3.05, 3.63) is 72.7 Å². The standard InChI is InChI=1S/C22H21N5OS/c1-2-9-24-21(3-1)27-13-11-26(12-14-27)16-17-4-6-18(7-5-17)28-22-25-19-8-10-23-15-20(19)29-22/h1-10,15H,11-14,16H2. The maximum absolute atomic E-state index is 5.92. The molecule has 7 heteroatoms. The molecule has 0 spiro atoms. The van der Waals surface area contributed by atoms with Crippen LogP contribution in [0.2, 0.25) is 0 Å². The number of aromatic nitrogens is 3. The Morgan fingerprint density at radius 3 is 2.55 bits per heavy atom. The molecule has 0 saturated carbocycles. The van der Waals surface area contributed by atoms with Gasteiger partial charge in [0.15, 0.2) is 0 Å². The molecule has 0 amide bonds. The molecule has 0 unspecified atom stereocenters. The quantitative estimate of drug-likeness (QED) is 0.498. The van der Waals surface area contributed by atoms with Crippen molar-refractivity contribution in [2.24, 2.45) is 0 Å². The van der Waals surface area contributed by atoms with Gasteiger partial charge in [-0.3, -0.25) is 9.88 Å². The average molecular weight is 404 g/mol. The molecule has 3 aromatic heterocycles. The Kier molecular flexibility index (Phi) is 5.06. The molecule has 0 bridgehead atoms. The smallest absolute Gasteiger partial charge is 0.279 e. The van der Waals surface area contributed by atoms with Gasteiger partial charge >= 0.3 is 0 Å². The van der Waals surface area contributed by atoms with E-state index in [4.69, 9.17) is 4.74 Å². The van der Waals surface area contributed by atoms with Crippen LogP contribution in [0.5, 0.6) is 10.9 Å². The van der Waals surface area contributed by atoms with Gasteiger partial charge in [-0.25, -0.2) is 9.97 Å². The first kappa shape index (κ1) is 18.0. The number of thiazole rings is 1. The van der Waals surface area contributed by atoms with Crippen LogP contribution in [0.4, 0.5) is 5.82 Å². The Morgan fingerprint density at radius 1 is 0.931 bits per heavy atom.